The Labute approximate surface area is 152 Å². The fourth-order valence-corrected chi connectivity index (χ4v) is 4.35. The number of hydrogen-bond acceptors (Lipinski definition) is 6. The zero-order valence-corrected chi connectivity index (χ0v) is 15.5. The van der Waals surface area contributed by atoms with Crippen molar-refractivity contribution in [2.75, 3.05) is 11.6 Å². The topological polar surface area (TPSA) is 119 Å². The van der Waals surface area contributed by atoms with Crippen molar-refractivity contribution in [2.45, 2.75) is 43.9 Å². The van der Waals surface area contributed by atoms with Crippen LogP contribution in [-0.4, -0.2) is 52.2 Å². The number of aryl methyl sites for hydroxylation is 1. The Morgan fingerprint density at radius 3 is 2.81 bits per heavy atom. The minimum Gasteiger partial charge on any atom is -0.335 e. The molecule has 2 aromatic rings. The molecule has 1 saturated carbocycles. The van der Waals surface area contributed by atoms with Gasteiger partial charge in [0.25, 0.3) is 0 Å². The molecule has 1 fully saturated rings. The molecule has 0 bridgehead atoms. The summed E-state index contributed by atoms with van der Waals surface area (Å²) in [6.45, 7) is 1.89. The van der Waals surface area contributed by atoms with Gasteiger partial charge in [0, 0.05) is 18.0 Å². The van der Waals surface area contributed by atoms with E-state index in [1.807, 2.05) is 19.1 Å². The van der Waals surface area contributed by atoms with Crippen LogP contribution in [0, 0.1) is 6.92 Å². The predicted molar refractivity (Wildman–Crippen MR) is 96.9 cm³/mol. The van der Waals surface area contributed by atoms with E-state index in [-0.39, 0.29) is 17.3 Å². The standard InChI is InChI=1S/C16H22N6O3S/c1-11-6-7-13(22-10-17-20-21-22)9-15(11)19-16(23)18-12-4-3-5-14(8-12)26(2,24)25/h6-7,9-10,12,14H,3-5,8H2,1-2H3,(H2,18,19,23). The average Bonchev–Trinajstić information content (AvgIpc) is 3.11. The quantitative estimate of drug-likeness (QED) is 0.831. The summed E-state index contributed by atoms with van der Waals surface area (Å²) in [6.07, 6.45) is 5.41. The van der Waals surface area contributed by atoms with Crippen molar-refractivity contribution >= 4 is 21.6 Å². The number of hydrogen-bond donors (Lipinski definition) is 2. The van der Waals surface area contributed by atoms with Gasteiger partial charge in [-0.15, -0.1) is 5.10 Å². The van der Waals surface area contributed by atoms with Gasteiger partial charge >= 0.3 is 6.03 Å². The van der Waals surface area contributed by atoms with E-state index in [9.17, 15) is 13.2 Å². The smallest absolute Gasteiger partial charge is 0.319 e. The van der Waals surface area contributed by atoms with Crippen LogP contribution in [0.15, 0.2) is 24.5 Å². The molecule has 0 saturated heterocycles. The van der Waals surface area contributed by atoms with Crippen LogP contribution in [0.25, 0.3) is 5.69 Å². The van der Waals surface area contributed by atoms with Gasteiger partial charge in [0.2, 0.25) is 0 Å². The first kappa shape index (κ1) is 18.3. The molecule has 140 valence electrons. The number of benzene rings is 1. The molecule has 0 spiro atoms. The highest BCUT2D eigenvalue weighted by molar-refractivity contribution is 7.91. The lowest BCUT2D eigenvalue weighted by atomic mass is 9.95. The maximum Gasteiger partial charge on any atom is 0.319 e. The fourth-order valence-electron chi connectivity index (χ4n) is 3.18. The molecular weight excluding hydrogens is 356 g/mol. The van der Waals surface area contributed by atoms with Crippen molar-refractivity contribution < 1.29 is 13.2 Å². The van der Waals surface area contributed by atoms with E-state index in [1.54, 1.807) is 6.07 Å². The number of carbonyl (C=O) groups is 1. The second-order valence-electron chi connectivity index (χ2n) is 6.67. The molecule has 2 amide bonds. The molecule has 10 heteroatoms. The Hall–Kier alpha value is -2.49. The van der Waals surface area contributed by atoms with Gasteiger partial charge in [-0.25, -0.2) is 17.9 Å². The summed E-state index contributed by atoms with van der Waals surface area (Å²) in [5.74, 6) is 0. The Morgan fingerprint density at radius 1 is 1.31 bits per heavy atom. The van der Waals surface area contributed by atoms with Gasteiger partial charge in [0.05, 0.1) is 10.9 Å². The molecular formula is C16H22N6O3S. The molecule has 0 radical (unpaired) electrons. The number of urea groups is 1. The van der Waals surface area contributed by atoms with E-state index in [2.05, 4.69) is 26.2 Å². The van der Waals surface area contributed by atoms with Crippen molar-refractivity contribution in [1.82, 2.24) is 25.5 Å². The second-order valence-corrected chi connectivity index (χ2v) is 8.99. The number of nitrogens with zero attached hydrogens (tertiary/aromatic N) is 4. The minimum absolute atomic E-state index is 0.147. The minimum atomic E-state index is -3.08. The predicted octanol–water partition coefficient (Wildman–Crippen LogP) is 1.45. The maximum atomic E-state index is 12.4. The Kier molecular flexibility index (Phi) is 5.21. The third-order valence-corrected chi connectivity index (χ3v) is 6.29. The lowest BCUT2D eigenvalue weighted by Crippen LogP contribution is -2.43. The van der Waals surface area contributed by atoms with Gasteiger partial charge < -0.3 is 10.6 Å². The molecule has 1 heterocycles. The third kappa shape index (κ3) is 4.37. The van der Waals surface area contributed by atoms with Crippen LogP contribution in [0.1, 0.15) is 31.2 Å². The van der Waals surface area contributed by atoms with Crippen LogP contribution in [0.2, 0.25) is 0 Å². The van der Waals surface area contributed by atoms with E-state index in [1.165, 1.54) is 17.3 Å². The van der Waals surface area contributed by atoms with Crippen LogP contribution >= 0.6 is 0 Å². The zero-order chi connectivity index (χ0) is 18.7. The maximum absolute atomic E-state index is 12.4. The van der Waals surface area contributed by atoms with E-state index in [4.69, 9.17) is 0 Å². The van der Waals surface area contributed by atoms with E-state index < -0.39 is 9.84 Å². The first-order valence-corrected chi connectivity index (χ1v) is 10.4. The van der Waals surface area contributed by atoms with Crippen molar-refractivity contribution in [2.24, 2.45) is 0 Å². The molecule has 26 heavy (non-hydrogen) atoms. The van der Waals surface area contributed by atoms with Crippen molar-refractivity contribution in [3.8, 4) is 5.69 Å². The molecule has 1 aliphatic rings. The van der Waals surface area contributed by atoms with Crippen LogP contribution in [0.5, 0.6) is 0 Å². The number of anilines is 1. The zero-order valence-electron chi connectivity index (χ0n) is 14.7. The summed E-state index contributed by atoms with van der Waals surface area (Å²) in [7, 11) is -3.08. The molecule has 2 atom stereocenters. The molecule has 9 nitrogen and oxygen atoms in total. The van der Waals surface area contributed by atoms with Crippen LogP contribution < -0.4 is 10.6 Å². The van der Waals surface area contributed by atoms with E-state index in [0.717, 1.165) is 24.1 Å². The number of tetrazole rings is 1. The van der Waals surface area contributed by atoms with Crippen LogP contribution in [0.3, 0.4) is 0 Å². The molecule has 3 rings (SSSR count). The van der Waals surface area contributed by atoms with Crippen LogP contribution in [0.4, 0.5) is 10.5 Å². The Bertz CT molecular complexity index is 881. The number of amides is 2. The summed E-state index contributed by atoms with van der Waals surface area (Å²) in [5, 5.41) is 16.4. The van der Waals surface area contributed by atoms with Gasteiger partial charge in [-0.05, 0) is 54.3 Å². The first-order valence-electron chi connectivity index (χ1n) is 8.43. The lowest BCUT2D eigenvalue weighted by molar-refractivity contribution is 0.244. The van der Waals surface area contributed by atoms with Gasteiger partial charge in [-0.1, -0.05) is 12.5 Å². The largest absolute Gasteiger partial charge is 0.335 e. The van der Waals surface area contributed by atoms with Crippen molar-refractivity contribution in [3.63, 3.8) is 0 Å². The number of rotatable bonds is 4. The normalized spacial score (nSPS) is 20.5. The van der Waals surface area contributed by atoms with Crippen molar-refractivity contribution in [1.29, 1.82) is 0 Å². The number of sulfone groups is 1. The van der Waals surface area contributed by atoms with Gasteiger partial charge in [-0.2, -0.15) is 0 Å². The monoisotopic (exact) mass is 378 g/mol. The Balaban J connectivity index is 1.66. The third-order valence-electron chi connectivity index (χ3n) is 4.65. The lowest BCUT2D eigenvalue weighted by Gasteiger charge is -2.28. The van der Waals surface area contributed by atoms with Crippen molar-refractivity contribution in [3.05, 3.63) is 30.1 Å². The second kappa shape index (κ2) is 7.40. The molecule has 1 aromatic heterocycles. The van der Waals surface area contributed by atoms with Gasteiger partial charge in [-0.3, -0.25) is 0 Å². The summed E-state index contributed by atoms with van der Waals surface area (Å²) in [4.78, 5) is 12.4. The molecule has 1 aliphatic carbocycles. The average molecular weight is 378 g/mol. The highest BCUT2D eigenvalue weighted by Crippen LogP contribution is 2.24. The van der Waals surface area contributed by atoms with Gasteiger partial charge in [0.1, 0.15) is 16.2 Å². The Morgan fingerprint density at radius 2 is 2.12 bits per heavy atom. The number of nitrogens with one attached hydrogen (secondary N) is 2. The summed E-state index contributed by atoms with van der Waals surface area (Å²) in [5.41, 5.74) is 2.27. The first-order chi connectivity index (χ1) is 12.3. The fraction of sp³-hybridized carbons (Fsp3) is 0.500. The molecule has 2 unspecified atom stereocenters. The summed E-state index contributed by atoms with van der Waals surface area (Å²) >= 11 is 0. The highest BCUT2D eigenvalue weighted by atomic mass is 32.2. The number of aromatic nitrogens is 4. The molecule has 2 N–H and O–H groups in total. The summed E-state index contributed by atoms with van der Waals surface area (Å²) < 4.78 is 25.0. The summed E-state index contributed by atoms with van der Waals surface area (Å²) in [6, 6.07) is 5.01. The molecule has 0 aliphatic heterocycles. The SMILES string of the molecule is Cc1ccc(-n2cnnn2)cc1NC(=O)NC1CCCC(S(C)(=O)=O)C1. The van der Waals surface area contributed by atoms with E-state index in [0.29, 0.717) is 18.5 Å². The van der Waals surface area contributed by atoms with Crippen LogP contribution in [-0.2, 0) is 9.84 Å². The van der Waals surface area contributed by atoms with Gasteiger partial charge in [0.15, 0.2) is 0 Å². The highest BCUT2D eigenvalue weighted by Gasteiger charge is 2.29. The molecule has 1 aromatic carbocycles. The number of carbonyl (C=O) groups excluding carboxylic acids is 1. The van der Waals surface area contributed by atoms with E-state index >= 15 is 0 Å².